The number of hydrogen-bond acceptors (Lipinski definition) is 7. The zero-order valence-corrected chi connectivity index (χ0v) is 14.9. The summed E-state index contributed by atoms with van der Waals surface area (Å²) in [5.74, 6) is 0.103. The molecule has 0 atom stereocenters. The first-order valence-corrected chi connectivity index (χ1v) is 8.87. The number of carbonyl (C=O) groups excluding carboxylic acids is 2. The number of anilines is 1. The van der Waals surface area contributed by atoms with E-state index in [4.69, 9.17) is 0 Å². The highest BCUT2D eigenvalue weighted by Gasteiger charge is 2.33. The Morgan fingerprint density at radius 3 is 2.64 bits per heavy atom. The van der Waals surface area contributed by atoms with Gasteiger partial charge in [-0.25, -0.2) is 9.97 Å². The fourth-order valence-electron chi connectivity index (χ4n) is 3.28. The summed E-state index contributed by atoms with van der Waals surface area (Å²) < 4.78 is 0. The van der Waals surface area contributed by atoms with Crippen LogP contribution in [0.2, 0.25) is 0 Å². The molecule has 0 spiro atoms. The molecule has 1 aromatic rings. The maximum absolute atomic E-state index is 13.0. The monoisotopic (exact) mass is 343 g/mol. The van der Waals surface area contributed by atoms with Gasteiger partial charge < -0.3 is 15.1 Å². The molecule has 1 N–H and O–H groups in total. The molecule has 3 rings (SSSR count). The van der Waals surface area contributed by atoms with E-state index in [2.05, 4.69) is 20.2 Å². The fourth-order valence-corrected chi connectivity index (χ4v) is 3.28. The normalized spacial score (nSPS) is 17.6. The Labute approximate surface area is 148 Å². The fraction of sp³-hybridized carbons (Fsp3) is 0.556. The predicted molar refractivity (Wildman–Crippen MR) is 95.9 cm³/mol. The molecule has 0 aromatic carbocycles. The van der Waals surface area contributed by atoms with Crippen molar-refractivity contribution in [1.29, 1.82) is 0 Å². The molecule has 2 heterocycles. The van der Waals surface area contributed by atoms with Crippen molar-refractivity contribution in [3.8, 4) is 0 Å². The van der Waals surface area contributed by atoms with E-state index in [0.717, 1.165) is 38.9 Å². The minimum absolute atomic E-state index is 0.146. The third-order valence-corrected chi connectivity index (χ3v) is 4.58. The summed E-state index contributed by atoms with van der Waals surface area (Å²) in [5, 5.41) is 3.21. The summed E-state index contributed by atoms with van der Waals surface area (Å²) in [6.45, 7) is 3.26. The van der Waals surface area contributed by atoms with Crippen LogP contribution in [0, 0.1) is 0 Å². The number of fused-ring (bicyclic) bond motifs is 1. The molecule has 7 nitrogen and oxygen atoms in total. The van der Waals surface area contributed by atoms with Gasteiger partial charge in [0, 0.05) is 25.7 Å². The number of likely N-dealkylation sites (tertiary alicyclic amines) is 1. The van der Waals surface area contributed by atoms with Crippen LogP contribution in [-0.2, 0) is 0 Å². The Bertz CT molecular complexity index is 693. The SMILES string of the molecule is CN(C)CCCNc1ncnc2c1C(=O)C(N1CCCCC1)=CC2=O. The van der Waals surface area contributed by atoms with E-state index < -0.39 is 0 Å². The highest BCUT2D eigenvalue weighted by atomic mass is 16.1. The summed E-state index contributed by atoms with van der Waals surface area (Å²) >= 11 is 0. The highest BCUT2D eigenvalue weighted by Crippen LogP contribution is 2.28. The number of nitrogens with one attached hydrogen (secondary N) is 1. The van der Waals surface area contributed by atoms with Gasteiger partial charge in [0.25, 0.3) is 0 Å². The van der Waals surface area contributed by atoms with Crippen LogP contribution in [-0.4, -0.2) is 71.6 Å². The van der Waals surface area contributed by atoms with Crippen molar-refractivity contribution in [1.82, 2.24) is 19.8 Å². The van der Waals surface area contributed by atoms with E-state index in [0.29, 0.717) is 23.6 Å². The molecule has 7 heteroatoms. The van der Waals surface area contributed by atoms with Crippen molar-refractivity contribution in [3.63, 3.8) is 0 Å². The van der Waals surface area contributed by atoms with Crippen LogP contribution in [0.15, 0.2) is 18.1 Å². The van der Waals surface area contributed by atoms with Crippen molar-refractivity contribution < 1.29 is 9.59 Å². The Morgan fingerprint density at radius 1 is 1.16 bits per heavy atom. The van der Waals surface area contributed by atoms with E-state index in [9.17, 15) is 9.59 Å². The molecule has 0 bridgehead atoms. The predicted octanol–water partition coefficient (Wildman–Crippen LogP) is 1.59. The van der Waals surface area contributed by atoms with Gasteiger partial charge in [0.15, 0.2) is 0 Å². The summed E-state index contributed by atoms with van der Waals surface area (Å²) in [4.78, 5) is 37.9. The van der Waals surface area contributed by atoms with Crippen molar-refractivity contribution in [2.24, 2.45) is 0 Å². The summed E-state index contributed by atoms with van der Waals surface area (Å²) in [6, 6.07) is 0. The van der Waals surface area contributed by atoms with Gasteiger partial charge in [-0.3, -0.25) is 9.59 Å². The average Bonchev–Trinajstić information content (AvgIpc) is 2.62. The number of allylic oxidation sites excluding steroid dienone is 2. The van der Waals surface area contributed by atoms with Gasteiger partial charge in [-0.1, -0.05) is 0 Å². The zero-order chi connectivity index (χ0) is 17.8. The maximum atomic E-state index is 13.0. The lowest BCUT2D eigenvalue weighted by atomic mass is 9.95. The third-order valence-electron chi connectivity index (χ3n) is 4.58. The number of aromatic nitrogens is 2. The summed E-state index contributed by atoms with van der Waals surface area (Å²) in [6.07, 6.45) is 6.98. The zero-order valence-electron chi connectivity index (χ0n) is 14.9. The van der Waals surface area contributed by atoms with Crippen LogP contribution >= 0.6 is 0 Å². The number of piperidine rings is 1. The number of hydrogen-bond donors (Lipinski definition) is 1. The van der Waals surface area contributed by atoms with Gasteiger partial charge in [-0.2, -0.15) is 0 Å². The number of rotatable bonds is 6. The van der Waals surface area contributed by atoms with Crippen LogP contribution in [0.25, 0.3) is 0 Å². The van der Waals surface area contributed by atoms with Gasteiger partial charge in [0.05, 0.1) is 11.3 Å². The average molecular weight is 343 g/mol. The van der Waals surface area contributed by atoms with E-state index in [-0.39, 0.29) is 17.3 Å². The third kappa shape index (κ3) is 3.87. The van der Waals surface area contributed by atoms with E-state index >= 15 is 0 Å². The van der Waals surface area contributed by atoms with Crippen LogP contribution in [0.5, 0.6) is 0 Å². The van der Waals surface area contributed by atoms with Crippen molar-refractivity contribution >= 4 is 17.4 Å². The molecule has 1 aliphatic carbocycles. The van der Waals surface area contributed by atoms with E-state index in [1.54, 1.807) is 0 Å². The lowest BCUT2D eigenvalue weighted by Crippen LogP contribution is -2.36. The lowest BCUT2D eigenvalue weighted by molar-refractivity contribution is 0.0941. The number of carbonyl (C=O) groups is 2. The Kier molecular flexibility index (Phi) is 5.43. The Hall–Kier alpha value is -2.28. The van der Waals surface area contributed by atoms with Gasteiger partial charge in [0.1, 0.15) is 17.8 Å². The van der Waals surface area contributed by atoms with Crippen LogP contribution in [0.3, 0.4) is 0 Å². The Morgan fingerprint density at radius 2 is 1.92 bits per heavy atom. The molecular formula is C18H25N5O2. The number of ketones is 2. The van der Waals surface area contributed by atoms with Crippen LogP contribution < -0.4 is 5.32 Å². The van der Waals surface area contributed by atoms with Gasteiger partial charge in [-0.15, -0.1) is 0 Å². The van der Waals surface area contributed by atoms with Gasteiger partial charge in [0.2, 0.25) is 11.6 Å². The molecule has 0 saturated carbocycles. The number of nitrogens with zero attached hydrogens (tertiary/aromatic N) is 4. The standard InChI is InChI=1S/C18H25N5O2/c1-22(2)8-6-7-19-18-15-16(20-12-21-18)14(24)11-13(17(15)25)23-9-4-3-5-10-23/h11-12H,3-10H2,1-2H3,(H,19,20,21). The summed E-state index contributed by atoms with van der Waals surface area (Å²) in [7, 11) is 4.04. The molecule has 1 aliphatic heterocycles. The largest absolute Gasteiger partial charge is 0.369 e. The Balaban J connectivity index is 1.81. The van der Waals surface area contributed by atoms with Gasteiger partial charge >= 0.3 is 0 Å². The molecule has 2 aliphatic rings. The van der Waals surface area contributed by atoms with Crippen molar-refractivity contribution in [2.75, 3.05) is 45.6 Å². The topological polar surface area (TPSA) is 78.4 Å². The molecule has 25 heavy (non-hydrogen) atoms. The molecule has 0 unspecified atom stereocenters. The highest BCUT2D eigenvalue weighted by molar-refractivity contribution is 6.25. The minimum atomic E-state index is -0.214. The summed E-state index contributed by atoms with van der Waals surface area (Å²) in [5.41, 5.74) is 1.01. The second kappa shape index (κ2) is 7.74. The van der Waals surface area contributed by atoms with Crippen molar-refractivity contribution in [3.05, 3.63) is 29.4 Å². The minimum Gasteiger partial charge on any atom is -0.369 e. The lowest BCUT2D eigenvalue weighted by Gasteiger charge is -2.31. The molecule has 134 valence electrons. The first-order valence-electron chi connectivity index (χ1n) is 8.87. The van der Waals surface area contributed by atoms with E-state index in [1.807, 2.05) is 19.0 Å². The quantitative estimate of drug-likeness (QED) is 0.786. The smallest absolute Gasteiger partial charge is 0.215 e. The van der Waals surface area contributed by atoms with Gasteiger partial charge in [-0.05, 0) is 46.3 Å². The first kappa shape index (κ1) is 17.5. The molecule has 1 saturated heterocycles. The molecular weight excluding hydrogens is 318 g/mol. The van der Waals surface area contributed by atoms with Crippen molar-refractivity contribution in [2.45, 2.75) is 25.7 Å². The molecule has 0 amide bonds. The van der Waals surface area contributed by atoms with Crippen LogP contribution in [0.1, 0.15) is 46.5 Å². The van der Waals surface area contributed by atoms with Crippen LogP contribution in [0.4, 0.5) is 5.82 Å². The second-order valence-electron chi connectivity index (χ2n) is 6.80. The molecule has 1 aromatic heterocycles. The molecule has 1 fully saturated rings. The van der Waals surface area contributed by atoms with E-state index in [1.165, 1.54) is 18.8 Å². The maximum Gasteiger partial charge on any atom is 0.215 e. The first-order chi connectivity index (χ1) is 12.1. The number of Topliss-reactive ketones (excluding diaryl/α,β-unsaturated/α-hetero) is 1. The molecule has 0 radical (unpaired) electrons. The second-order valence-corrected chi connectivity index (χ2v) is 6.80.